The van der Waals surface area contributed by atoms with Crippen LogP contribution in [0.15, 0.2) is 42.5 Å². The highest BCUT2D eigenvalue weighted by Gasteiger charge is 2.21. The third-order valence-electron chi connectivity index (χ3n) is 4.78. The molecule has 1 N–H and O–H groups in total. The van der Waals surface area contributed by atoms with Gasteiger partial charge in [-0.15, -0.1) is 0 Å². The van der Waals surface area contributed by atoms with Crippen molar-refractivity contribution in [2.45, 2.75) is 6.92 Å². The summed E-state index contributed by atoms with van der Waals surface area (Å²) in [6.45, 7) is 5.05. The lowest BCUT2D eigenvalue weighted by atomic mass is 10.2. The Bertz CT molecular complexity index is 863. The molecule has 2 aromatic rings. The van der Waals surface area contributed by atoms with Gasteiger partial charge < -0.3 is 15.0 Å². The number of amides is 1. The van der Waals surface area contributed by atoms with Crippen molar-refractivity contribution in [1.82, 2.24) is 4.90 Å². The number of benzene rings is 2. The van der Waals surface area contributed by atoms with E-state index in [2.05, 4.69) is 10.2 Å². The first-order valence-corrected chi connectivity index (χ1v) is 9.12. The molecular formula is C20H24N4O4. The number of ether oxygens (including phenoxy) is 1. The molecule has 1 aliphatic rings. The third-order valence-corrected chi connectivity index (χ3v) is 4.78. The number of rotatable bonds is 6. The van der Waals surface area contributed by atoms with Crippen molar-refractivity contribution in [2.24, 2.45) is 0 Å². The zero-order valence-corrected chi connectivity index (χ0v) is 16.1. The second-order valence-electron chi connectivity index (χ2n) is 6.79. The standard InChI is InChI=1S/C20H24N4O4/c1-15-6-7-18(19(12-15)24(26)27)21-20(25)14-22-8-10-23(11-9-22)16-4-3-5-17(13-16)28-2/h3-7,12-13H,8-11,14H2,1-2H3,(H,21,25). The minimum Gasteiger partial charge on any atom is -0.497 e. The summed E-state index contributed by atoms with van der Waals surface area (Å²) in [5, 5.41) is 13.9. The fourth-order valence-corrected chi connectivity index (χ4v) is 3.26. The molecule has 3 rings (SSSR count). The number of carbonyl (C=O) groups is 1. The molecule has 8 nitrogen and oxygen atoms in total. The molecule has 148 valence electrons. The van der Waals surface area contributed by atoms with Crippen LogP contribution in [0.1, 0.15) is 5.56 Å². The molecular weight excluding hydrogens is 360 g/mol. The Kier molecular flexibility index (Phi) is 6.10. The first-order valence-electron chi connectivity index (χ1n) is 9.12. The Balaban J connectivity index is 1.55. The number of nitrogens with zero attached hydrogens (tertiary/aromatic N) is 3. The number of hydrogen-bond acceptors (Lipinski definition) is 6. The molecule has 0 saturated carbocycles. The fourth-order valence-electron chi connectivity index (χ4n) is 3.26. The Morgan fingerprint density at radius 3 is 2.61 bits per heavy atom. The number of hydrogen-bond donors (Lipinski definition) is 1. The van der Waals surface area contributed by atoms with Crippen LogP contribution in [0.25, 0.3) is 0 Å². The summed E-state index contributed by atoms with van der Waals surface area (Å²) in [4.78, 5) is 27.4. The predicted octanol–water partition coefficient (Wildman–Crippen LogP) is 2.67. The summed E-state index contributed by atoms with van der Waals surface area (Å²) < 4.78 is 5.27. The van der Waals surface area contributed by atoms with Crippen LogP contribution in [0.3, 0.4) is 0 Å². The van der Waals surface area contributed by atoms with E-state index in [-0.39, 0.29) is 23.8 Å². The van der Waals surface area contributed by atoms with Gasteiger partial charge in [-0.2, -0.15) is 0 Å². The molecule has 1 fully saturated rings. The van der Waals surface area contributed by atoms with E-state index in [1.54, 1.807) is 26.2 Å². The van der Waals surface area contributed by atoms with Gasteiger partial charge >= 0.3 is 0 Å². The average Bonchev–Trinajstić information content (AvgIpc) is 2.69. The van der Waals surface area contributed by atoms with Crippen molar-refractivity contribution < 1.29 is 14.5 Å². The zero-order valence-electron chi connectivity index (χ0n) is 16.1. The molecule has 28 heavy (non-hydrogen) atoms. The molecule has 0 radical (unpaired) electrons. The number of nitro benzene ring substituents is 1. The van der Waals surface area contributed by atoms with Gasteiger partial charge in [-0.05, 0) is 30.7 Å². The van der Waals surface area contributed by atoms with Gasteiger partial charge in [-0.3, -0.25) is 19.8 Å². The van der Waals surface area contributed by atoms with Gasteiger partial charge in [-0.1, -0.05) is 12.1 Å². The summed E-state index contributed by atoms with van der Waals surface area (Å²) >= 11 is 0. The van der Waals surface area contributed by atoms with Gasteiger partial charge in [0.1, 0.15) is 11.4 Å². The van der Waals surface area contributed by atoms with Crippen molar-refractivity contribution in [3.63, 3.8) is 0 Å². The molecule has 8 heteroatoms. The topological polar surface area (TPSA) is 88.0 Å². The van der Waals surface area contributed by atoms with Crippen LogP contribution in [0.4, 0.5) is 17.1 Å². The average molecular weight is 384 g/mol. The molecule has 0 aliphatic carbocycles. The monoisotopic (exact) mass is 384 g/mol. The van der Waals surface area contributed by atoms with Gasteiger partial charge in [-0.25, -0.2) is 0 Å². The summed E-state index contributed by atoms with van der Waals surface area (Å²) in [5.41, 5.74) is 2.02. The first kappa shape index (κ1) is 19.6. The summed E-state index contributed by atoms with van der Waals surface area (Å²) in [5.74, 6) is 0.570. The lowest BCUT2D eigenvalue weighted by Crippen LogP contribution is -2.48. The Morgan fingerprint density at radius 1 is 1.18 bits per heavy atom. The van der Waals surface area contributed by atoms with Crippen LogP contribution >= 0.6 is 0 Å². The number of anilines is 2. The molecule has 0 unspecified atom stereocenters. The van der Waals surface area contributed by atoms with Crippen LogP contribution in [0, 0.1) is 17.0 Å². The first-order chi connectivity index (χ1) is 13.5. The maximum atomic E-state index is 12.4. The lowest BCUT2D eigenvalue weighted by molar-refractivity contribution is -0.384. The van der Waals surface area contributed by atoms with E-state index in [1.165, 1.54) is 6.07 Å². The second kappa shape index (κ2) is 8.71. The fraction of sp³-hybridized carbons (Fsp3) is 0.350. The van der Waals surface area contributed by atoms with Crippen LogP contribution in [-0.4, -0.2) is 55.6 Å². The van der Waals surface area contributed by atoms with Gasteiger partial charge in [0.2, 0.25) is 5.91 Å². The molecule has 1 saturated heterocycles. The molecule has 1 heterocycles. The van der Waals surface area contributed by atoms with Gasteiger partial charge in [0, 0.05) is 44.0 Å². The van der Waals surface area contributed by atoms with Crippen LogP contribution in [-0.2, 0) is 4.79 Å². The van der Waals surface area contributed by atoms with E-state index < -0.39 is 4.92 Å². The van der Waals surface area contributed by atoms with Crippen molar-refractivity contribution in [3.8, 4) is 5.75 Å². The van der Waals surface area contributed by atoms with Gasteiger partial charge in [0.15, 0.2) is 0 Å². The van der Waals surface area contributed by atoms with E-state index in [9.17, 15) is 14.9 Å². The number of carbonyl (C=O) groups excluding carboxylic acids is 1. The largest absolute Gasteiger partial charge is 0.497 e. The Morgan fingerprint density at radius 2 is 1.93 bits per heavy atom. The molecule has 0 bridgehead atoms. The van der Waals surface area contributed by atoms with Crippen molar-refractivity contribution in [2.75, 3.05) is 50.1 Å². The van der Waals surface area contributed by atoms with Crippen molar-refractivity contribution >= 4 is 23.0 Å². The SMILES string of the molecule is COc1cccc(N2CCN(CC(=O)Nc3ccc(C)cc3[N+](=O)[O-])CC2)c1. The minimum absolute atomic E-state index is 0.0869. The summed E-state index contributed by atoms with van der Waals surface area (Å²) in [6, 6.07) is 12.7. The maximum absolute atomic E-state index is 12.4. The predicted molar refractivity (Wildman–Crippen MR) is 108 cm³/mol. The number of methoxy groups -OCH3 is 1. The number of nitro groups is 1. The number of piperazine rings is 1. The second-order valence-corrected chi connectivity index (χ2v) is 6.79. The smallest absolute Gasteiger partial charge is 0.293 e. The maximum Gasteiger partial charge on any atom is 0.293 e. The quantitative estimate of drug-likeness (QED) is 0.609. The Hall–Kier alpha value is -3.13. The van der Waals surface area contributed by atoms with Gasteiger partial charge in [0.25, 0.3) is 5.69 Å². The molecule has 0 atom stereocenters. The van der Waals surface area contributed by atoms with Crippen LogP contribution in [0.5, 0.6) is 5.75 Å². The highest BCUT2D eigenvalue weighted by Crippen LogP contribution is 2.25. The van der Waals surface area contributed by atoms with E-state index in [0.29, 0.717) is 0 Å². The van der Waals surface area contributed by atoms with E-state index in [1.807, 2.05) is 29.2 Å². The van der Waals surface area contributed by atoms with Crippen LogP contribution < -0.4 is 15.0 Å². The molecule has 0 spiro atoms. The molecule has 0 aromatic heterocycles. The van der Waals surface area contributed by atoms with Crippen molar-refractivity contribution in [3.05, 3.63) is 58.1 Å². The normalized spacial score (nSPS) is 14.6. The van der Waals surface area contributed by atoms with E-state index in [4.69, 9.17) is 4.74 Å². The van der Waals surface area contributed by atoms with E-state index in [0.717, 1.165) is 43.2 Å². The molecule has 1 aliphatic heterocycles. The molecule has 2 aromatic carbocycles. The lowest BCUT2D eigenvalue weighted by Gasteiger charge is -2.35. The number of aryl methyl sites for hydroxylation is 1. The summed E-state index contributed by atoms with van der Waals surface area (Å²) in [7, 11) is 1.65. The summed E-state index contributed by atoms with van der Waals surface area (Å²) in [6.07, 6.45) is 0. The highest BCUT2D eigenvalue weighted by molar-refractivity contribution is 5.94. The third kappa shape index (κ3) is 4.77. The van der Waals surface area contributed by atoms with Crippen molar-refractivity contribution in [1.29, 1.82) is 0 Å². The minimum atomic E-state index is -0.477. The van der Waals surface area contributed by atoms with E-state index >= 15 is 0 Å². The Labute approximate surface area is 163 Å². The number of nitrogens with one attached hydrogen (secondary N) is 1. The van der Waals surface area contributed by atoms with Crippen LogP contribution in [0.2, 0.25) is 0 Å². The highest BCUT2D eigenvalue weighted by atomic mass is 16.6. The molecule has 1 amide bonds. The zero-order chi connectivity index (χ0) is 20.1. The van der Waals surface area contributed by atoms with Gasteiger partial charge in [0.05, 0.1) is 18.6 Å².